The van der Waals surface area contributed by atoms with Crippen LogP contribution in [0.5, 0.6) is 0 Å². The Morgan fingerprint density at radius 1 is 1.06 bits per heavy atom. The van der Waals surface area contributed by atoms with Gasteiger partial charge in [-0.05, 0) is 11.5 Å². The zero-order chi connectivity index (χ0) is 11.7. The molecule has 1 aromatic carbocycles. The molecule has 0 unspecified atom stereocenters. The number of rotatable bonds is 1. The molecule has 0 aliphatic carbocycles. The molecule has 0 bridgehead atoms. The summed E-state index contributed by atoms with van der Waals surface area (Å²) in [7, 11) is 0. The molecule has 0 spiro atoms. The van der Waals surface area contributed by atoms with E-state index >= 15 is 0 Å². The summed E-state index contributed by atoms with van der Waals surface area (Å²) in [6, 6.07) is 9.69. The molecule has 0 aliphatic heterocycles. The van der Waals surface area contributed by atoms with E-state index < -0.39 is 0 Å². The molecule has 3 rings (SSSR count). The molecule has 2 heterocycles. The fourth-order valence-corrected chi connectivity index (χ4v) is 1.86. The zero-order valence-corrected chi connectivity index (χ0v) is 8.92. The van der Waals surface area contributed by atoms with E-state index in [-0.39, 0.29) is 5.69 Å². The van der Waals surface area contributed by atoms with Crippen LogP contribution in [0.25, 0.3) is 22.0 Å². The van der Waals surface area contributed by atoms with Crippen molar-refractivity contribution < 1.29 is 0 Å². The Balaban J connectivity index is 2.34. The summed E-state index contributed by atoms with van der Waals surface area (Å²) in [5, 5.41) is 2.10. The maximum atomic E-state index is 11.2. The summed E-state index contributed by atoms with van der Waals surface area (Å²) in [5.74, 6) is 0. The second-order valence-electron chi connectivity index (χ2n) is 3.70. The van der Waals surface area contributed by atoms with Gasteiger partial charge in [0.15, 0.2) is 0 Å². The minimum Gasteiger partial charge on any atom is -0.305 e. The third kappa shape index (κ3) is 1.69. The van der Waals surface area contributed by atoms with Crippen molar-refractivity contribution in [1.29, 1.82) is 0 Å². The molecule has 3 aromatic rings. The van der Waals surface area contributed by atoms with Crippen LogP contribution >= 0.6 is 0 Å². The first-order valence-electron chi connectivity index (χ1n) is 5.23. The number of aromatic nitrogens is 3. The predicted octanol–water partition coefficient (Wildman–Crippen LogP) is 1.99. The fourth-order valence-electron chi connectivity index (χ4n) is 1.86. The van der Waals surface area contributed by atoms with Crippen LogP contribution in [0.4, 0.5) is 0 Å². The van der Waals surface area contributed by atoms with E-state index in [4.69, 9.17) is 0 Å². The Bertz CT molecular complexity index is 728. The number of nitrogens with zero attached hydrogens (tertiary/aromatic N) is 2. The second kappa shape index (κ2) is 3.83. The number of pyridine rings is 1. The summed E-state index contributed by atoms with van der Waals surface area (Å²) in [6.07, 6.45) is 5.04. The van der Waals surface area contributed by atoms with Crippen molar-refractivity contribution in [2.24, 2.45) is 0 Å². The van der Waals surface area contributed by atoms with Crippen LogP contribution in [-0.2, 0) is 0 Å². The van der Waals surface area contributed by atoms with Crippen molar-refractivity contribution in [2.45, 2.75) is 0 Å². The lowest BCUT2D eigenvalue weighted by atomic mass is 10.1. The van der Waals surface area contributed by atoms with Crippen molar-refractivity contribution in [2.75, 3.05) is 0 Å². The largest absolute Gasteiger partial charge is 0.345 e. The first kappa shape index (κ1) is 9.72. The molecule has 0 saturated carbocycles. The fraction of sp³-hybridized carbons (Fsp3) is 0. The molecule has 0 atom stereocenters. The van der Waals surface area contributed by atoms with Gasteiger partial charge in [-0.3, -0.25) is 4.98 Å². The van der Waals surface area contributed by atoms with Gasteiger partial charge in [0.2, 0.25) is 0 Å². The highest BCUT2D eigenvalue weighted by Gasteiger charge is 2.04. The van der Waals surface area contributed by atoms with Crippen molar-refractivity contribution in [3.63, 3.8) is 0 Å². The summed E-state index contributed by atoms with van der Waals surface area (Å²) in [6.45, 7) is 0. The number of nitrogens with one attached hydrogen (secondary N) is 1. The van der Waals surface area contributed by atoms with Crippen LogP contribution < -0.4 is 5.69 Å². The molecule has 0 amide bonds. The lowest BCUT2D eigenvalue weighted by molar-refractivity contribution is 1.08. The molecule has 1 N–H and O–H groups in total. The SMILES string of the molecule is O=c1nccc(-c2cncc3ccccc23)[nH]1. The minimum absolute atomic E-state index is 0.351. The Hall–Kier alpha value is -2.49. The number of hydrogen-bond donors (Lipinski definition) is 1. The summed E-state index contributed by atoms with van der Waals surface area (Å²) < 4.78 is 0. The molecule has 82 valence electrons. The van der Waals surface area contributed by atoms with Gasteiger partial charge in [0, 0.05) is 29.5 Å². The van der Waals surface area contributed by atoms with E-state index in [9.17, 15) is 4.79 Å². The molecule has 2 aromatic heterocycles. The first-order valence-corrected chi connectivity index (χ1v) is 5.23. The third-order valence-corrected chi connectivity index (χ3v) is 2.63. The molecule has 4 nitrogen and oxygen atoms in total. The molecule has 0 radical (unpaired) electrons. The summed E-state index contributed by atoms with van der Waals surface area (Å²) in [4.78, 5) is 21.7. The van der Waals surface area contributed by atoms with Gasteiger partial charge < -0.3 is 4.98 Å². The van der Waals surface area contributed by atoms with Crippen LogP contribution in [0.1, 0.15) is 0 Å². The van der Waals surface area contributed by atoms with Gasteiger partial charge in [0.25, 0.3) is 0 Å². The van der Waals surface area contributed by atoms with Gasteiger partial charge in [0.1, 0.15) is 0 Å². The standard InChI is InChI=1S/C13H9N3O/c17-13-15-6-5-12(16-13)11-8-14-7-9-3-1-2-4-10(9)11/h1-8H,(H,15,16,17). The van der Waals surface area contributed by atoms with Crippen LogP contribution in [0.3, 0.4) is 0 Å². The summed E-state index contributed by atoms with van der Waals surface area (Å²) >= 11 is 0. The highest BCUT2D eigenvalue weighted by Crippen LogP contribution is 2.24. The second-order valence-corrected chi connectivity index (χ2v) is 3.70. The monoisotopic (exact) mass is 223 g/mol. The Kier molecular flexibility index (Phi) is 2.19. The number of aromatic amines is 1. The molecule has 0 aliphatic rings. The molecular formula is C13H9N3O. The highest BCUT2D eigenvalue weighted by molar-refractivity contribution is 5.94. The van der Waals surface area contributed by atoms with Crippen LogP contribution in [-0.4, -0.2) is 15.0 Å². The van der Waals surface area contributed by atoms with Gasteiger partial charge in [-0.1, -0.05) is 24.3 Å². The Morgan fingerprint density at radius 2 is 1.94 bits per heavy atom. The molecule has 0 saturated heterocycles. The van der Waals surface area contributed by atoms with Crippen LogP contribution in [0, 0.1) is 0 Å². The van der Waals surface area contributed by atoms with Crippen molar-refractivity contribution in [3.05, 3.63) is 59.4 Å². The van der Waals surface area contributed by atoms with E-state index in [0.717, 1.165) is 22.0 Å². The van der Waals surface area contributed by atoms with Crippen molar-refractivity contribution in [3.8, 4) is 11.3 Å². The maximum absolute atomic E-state index is 11.2. The van der Waals surface area contributed by atoms with Crippen molar-refractivity contribution in [1.82, 2.24) is 15.0 Å². The van der Waals surface area contributed by atoms with E-state index in [1.54, 1.807) is 18.5 Å². The highest BCUT2D eigenvalue weighted by atomic mass is 16.1. The van der Waals surface area contributed by atoms with Gasteiger partial charge >= 0.3 is 5.69 Å². The average Bonchev–Trinajstić information content (AvgIpc) is 2.38. The number of fused-ring (bicyclic) bond motifs is 1. The average molecular weight is 223 g/mol. The lowest BCUT2D eigenvalue weighted by Gasteiger charge is -2.04. The number of benzene rings is 1. The molecular weight excluding hydrogens is 214 g/mol. The molecule has 4 heteroatoms. The minimum atomic E-state index is -0.351. The third-order valence-electron chi connectivity index (χ3n) is 2.63. The Morgan fingerprint density at radius 3 is 2.82 bits per heavy atom. The molecule has 0 fully saturated rings. The first-order chi connectivity index (χ1) is 8.34. The van der Waals surface area contributed by atoms with Gasteiger partial charge in [-0.2, -0.15) is 0 Å². The van der Waals surface area contributed by atoms with Gasteiger partial charge in [-0.15, -0.1) is 0 Å². The predicted molar refractivity (Wildman–Crippen MR) is 65.6 cm³/mol. The zero-order valence-electron chi connectivity index (χ0n) is 8.92. The van der Waals surface area contributed by atoms with Gasteiger partial charge in [0.05, 0.1) is 5.69 Å². The Labute approximate surface area is 97.0 Å². The van der Waals surface area contributed by atoms with E-state index in [2.05, 4.69) is 15.0 Å². The van der Waals surface area contributed by atoms with Gasteiger partial charge in [-0.25, -0.2) is 9.78 Å². The van der Waals surface area contributed by atoms with E-state index in [1.165, 1.54) is 6.20 Å². The van der Waals surface area contributed by atoms with Crippen LogP contribution in [0.2, 0.25) is 0 Å². The summed E-state index contributed by atoms with van der Waals surface area (Å²) in [5.41, 5.74) is 1.28. The molecule has 17 heavy (non-hydrogen) atoms. The maximum Gasteiger partial charge on any atom is 0.345 e. The topological polar surface area (TPSA) is 58.6 Å². The van der Waals surface area contributed by atoms with E-state index in [1.807, 2.05) is 24.3 Å². The quantitative estimate of drug-likeness (QED) is 0.686. The van der Waals surface area contributed by atoms with Crippen molar-refractivity contribution >= 4 is 10.8 Å². The van der Waals surface area contributed by atoms with Crippen LogP contribution in [0.15, 0.2) is 53.7 Å². The lowest BCUT2D eigenvalue weighted by Crippen LogP contribution is -2.09. The normalized spacial score (nSPS) is 10.6. The number of H-pyrrole nitrogens is 1. The van der Waals surface area contributed by atoms with E-state index in [0.29, 0.717) is 0 Å². The number of hydrogen-bond acceptors (Lipinski definition) is 3. The smallest absolute Gasteiger partial charge is 0.305 e.